The van der Waals surface area contributed by atoms with Gasteiger partial charge in [-0.2, -0.15) is 4.98 Å². The number of hydrogen-bond donors (Lipinski definition) is 4. The maximum atomic E-state index is 12.1. The lowest BCUT2D eigenvalue weighted by molar-refractivity contribution is 0.211. The molecule has 0 spiro atoms. The second kappa shape index (κ2) is 8.66. The van der Waals surface area contributed by atoms with Gasteiger partial charge < -0.3 is 16.0 Å². The lowest BCUT2D eigenvalue weighted by Crippen LogP contribution is -2.41. The summed E-state index contributed by atoms with van der Waals surface area (Å²) < 4.78 is 0. The molecular formula is C19H31N5O2. The van der Waals surface area contributed by atoms with Crippen molar-refractivity contribution in [3.8, 4) is 0 Å². The van der Waals surface area contributed by atoms with Crippen LogP contribution in [0.2, 0.25) is 0 Å². The van der Waals surface area contributed by atoms with Gasteiger partial charge in [0.2, 0.25) is 5.95 Å². The largest absolute Gasteiger partial charge is 0.335 e. The van der Waals surface area contributed by atoms with E-state index in [-0.39, 0.29) is 23.6 Å². The molecule has 2 saturated carbocycles. The molecule has 26 heavy (non-hydrogen) atoms. The normalized spacial score (nSPS) is 29.2. The predicted molar refractivity (Wildman–Crippen MR) is 102 cm³/mol. The molecule has 0 unspecified atom stereocenters. The minimum Gasteiger partial charge on any atom is -0.335 e. The molecule has 5 N–H and O–H groups in total. The fraction of sp³-hybridized carbons (Fsp3) is 0.737. The van der Waals surface area contributed by atoms with Crippen molar-refractivity contribution < 1.29 is 4.79 Å². The van der Waals surface area contributed by atoms with Crippen LogP contribution in [0.4, 0.5) is 10.7 Å². The topological polar surface area (TPSA) is 113 Å². The number of carbonyl (C=O) groups excluding carboxylic acids is 1. The highest BCUT2D eigenvalue weighted by Crippen LogP contribution is 2.35. The molecule has 7 heteroatoms. The molecule has 1 aromatic rings. The molecule has 3 rings (SSSR count). The fourth-order valence-corrected chi connectivity index (χ4v) is 4.40. The number of nitrogens with zero attached hydrogens (tertiary/aromatic N) is 1. The van der Waals surface area contributed by atoms with Gasteiger partial charge in [-0.15, -0.1) is 0 Å². The minimum absolute atomic E-state index is 0.191. The predicted octanol–water partition coefficient (Wildman–Crippen LogP) is 2.67. The van der Waals surface area contributed by atoms with Gasteiger partial charge in [0.1, 0.15) is 0 Å². The van der Waals surface area contributed by atoms with Crippen LogP contribution in [0.5, 0.6) is 0 Å². The first-order valence-corrected chi connectivity index (χ1v) is 9.89. The summed E-state index contributed by atoms with van der Waals surface area (Å²) >= 11 is 0. The Bertz CT molecular complexity index is 658. The molecule has 2 aliphatic rings. The van der Waals surface area contributed by atoms with Gasteiger partial charge in [-0.25, -0.2) is 4.79 Å². The van der Waals surface area contributed by atoms with E-state index in [4.69, 9.17) is 5.73 Å². The van der Waals surface area contributed by atoms with Crippen molar-refractivity contribution in [3.05, 3.63) is 22.1 Å². The Morgan fingerprint density at radius 2 is 1.77 bits per heavy atom. The molecule has 7 nitrogen and oxygen atoms in total. The first-order valence-electron chi connectivity index (χ1n) is 9.89. The lowest BCUT2D eigenvalue weighted by Gasteiger charge is -2.33. The Kier molecular flexibility index (Phi) is 6.29. The number of aromatic nitrogens is 2. The first-order chi connectivity index (χ1) is 12.5. The highest BCUT2D eigenvalue weighted by atomic mass is 16.2. The van der Waals surface area contributed by atoms with Crippen LogP contribution < -0.4 is 21.9 Å². The molecular weight excluding hydrogens is 330 g/mol. The number of nitrogens with one attached hydrogen (secondary N) is 3. The molecule has 1 aromatic heterocycles. The van der Waals surface area contributed by atoms with Crippen LogP contribution in [-0.2, 0) is 0 Å². The average Bonchev–Trinajstić information content (AvgIpc) is 2.57. The molecule has 144 valence electrons. The van der Waals surface area contributed by atoms with Crippen LogP contribution in [0.25, 0.3) is 0 Å². The van der Waals surface area contributed by atoms with Crippen LogP contribution in [0.1, 0.15) is 63.5 Å². The third-order valence-electron chi connectivity index (χ3n) is 5.85. The summed E-state index contributed by atoms with van der Waals surface area (Å²) in [6.45, 7) is 1.76. The van der Waals surface area contributed by atoms with Crippen molar-refractivity contribution in [2.75, 3.05) is 5.32 Å². The number of rotatable bonds is 4. The molecule has 2 aliphatic carbocycles. The van der Waals surface area contributed by atoms with E-state index in [1.807, 2.05) is 0 Å². The van der Waals surface area contributed by atoms with E-state index in [9.17, 15) is 9.59 Å². The smallest absolute Gasteiger partial charge is 0.321 e. The van der Waals surface area contributed by atoms with Crippen molar-refractivity contribution >= 4 is 12.0 Å². The Balaban J connectivity index is 1.39. The fourth-order valence-electron chi connectivity index (χ4n) is 4.40. The van der Waals surface area contributed by atoms with Gasteiger partial charge in [-0.05, 0) is 76.5 Å². The van der Waals surface area contributed by atoms with Crippen LogP contribution in [0.15, 0.2) is 10.9 Å². The number of aryl methyl sites for hydroxylation is 1. The van der Waals surface area contributed by atoms with Crippen LogP contribution in [0, 0.1) is 18.8 Å². The number of anilines is 1. The number of amides is 2. The van der Waals surface area contributed by atoms with E-state index < -0.39 is 0 Å². The van der Waals surface area contributed by atoms with Gasteiger partial charge >= 0.3 is 6.03 Å². The van der Waals surface area contributed by atoms with Crippen molar-refractivity contribution in [2.24, 2.45) is 17.6 Å². The summed E-state index contributed by atoms with van der Waals surface area (Å²) in [7, 11) is 0. The summed E-state index contributed by atoms with van der Waals surface area (Å²) in [5.74, 6) is 1.82. The second-order valence-electron chi connectivity index (χ2n) is 8.08. The number of hydrogen-bond acceptors (Lipinski definition) is 4. The Labute approximate surface area is 154 Å². The zero-order chi connectivity index (χ0) is 18.5. The minimum atomic E-state index is -0.360. The standard InChI is InChI=1S/C19H31N5O2/c1-12-10-17(25)23-18(21-12)24-19(26)22-16-8-4-14(5-9-16)11-13-2-6-15(20)7-3-13/h10,13-16H,2-9,11,20H2,1H3,(H3,21,22,23,24,25,26). The molecule has 2 fully saturated rings. The number of aromatic amines is 1. The molecule has 2 amide bonds. The van der Waals surface area contributed by atoms with E-state index in [0.29, 0.717) is 11.7 Å². The lowest BCUT2D eigenvalue weighted by atomic mass is 9.76. The van der Waals surface area contributed by atoms with Crippen molar-refractivity contribution in [1.29, 1.82) is 0 Å². The van der Waals surface area contributed by atoms with Gasteiger partial charge in [0, 0.05) is 23.8 Å². The van der Waals surface area contributed by atoms with Crippen LogP contribution in [0.3, 0.4) is 0 Å². The van der Waals surface area contributed by atoms with Crippen LogP contribution in [-0.4, -0.2) is 28.1 Å². The van der Waals surface area contributed by atoms with Crippen molar-refractivity contribution in [3.63, 3.8) is 0 Å². The maximum Gasteiger partial charge on any atom is 0.321 e. The summed E-state index contributed by atoms with van der Waals surface area (Å²) in [5, 5.41) is 5.63. The van der Waals surface area contributed by atoms with Gasteiger partial charge in [0.15, 0.2) is 0 Å². The van der Waals surface area contributed by atoms with Gasteiger partial charge in [0.25, 0.3) is 5.56 Å². The summed E-state index contributed by atoms with van der Waals surface area (Å²) in [5.41, 5.74) is 6.31. The third kappa shape index (κ3) is 5.56. The third-order valence-corrected chi connectivity index (χ3v) is 5.85. The number of nitrogens with two attached hydrogens (primary N) is 1. The molecule has 1 heterocycles. The van der Waals surface area contributed by atoms with E-state index in [2.05, 4.69) is 20.6 Å². The highest BCUT2D eigenvalue weighted by molar-refractivity contribution is 5.87. The number of urea groups is 1. The summed E-state index contributed by atoms with van der Waals surface area (Å²) in [6.07, 6.45) is 10.6. The molecule has 0 saturated heterocycles. The Morgan fingerprint density at radius 1 is 1.15 bits per heavy atom. The number of H-pyrrole nitrogens is 1. The van der Waals surface area contributed by atoms with E-state index >= 15 is 0 Å². The second-order valence-corrected chi connectivity index (χ2v) is 8.08. The van der Waals surface area contributed by atoms with E-state index in [1.165, 1.54) is 51.0 Å². The highest BCUT2D eigenvalue weighted by Gasteiger charge is 2.26. The van der Waals surface area contributed by atoms with Gasteiger partial charge in [0.05, 0.1) is 0 Å². The van der Waals surface area contributed by atoms with Crippen LogP contribution >= 0.6 is 0 Å². The monoisotopic (exact) mass is 361 g/mol. The number of carbonyl (C=O) groups is 1. The first kappa shape index (κ1) is 18.9. The molecule has 0 aliphatic heterocycles. The molecule has 0 radical (unpaired) electrons. The maximum absolute atomic E-state index is 12.1. The van der Waals surface area contributed by atoms with Gasteiger partial charge in [-0.3, -0.25) is 10.1 Å². The zero-order valence-electron chi connectivity index (χ0n) is 15.6. The van der Waals surface area contributed by atoms with Crippen molar-refractivity contribution in [1.82, 2.24) is 15.3 Å². The van der Waals surface area contributed by atoms with E-state index in [1.54, 1.807) is 6.92 Å². The summed E-state index contributed by atoms with van der Waals surface area (Å²) in [6, 6.07) is 1.71. The Morgan fingerprint density at radius 3 is 2.38 bits per heavy atom. The van der Waals surface area contributed by atoms with Crippen molar-refractivity contribution in [2.45, 2.75) is 76.8 Å². The Hall–Kier alpha value is -1.89. The summed E-state index contributed by atoms with van der Waals surface area (Å²) in [4.78, 5) is 30.2. The SMILES string of the molecule is Cc1cc(=O)nc(NC(=O)NC2CCC(CC3CCC(N)CC3)CC2)[nH]1. The average molecular weight is 361 g/mol. The quantitative estimate of drug-likeness (QED) is 0.660. The van der Waals surface area contributed by atoms with Gasteiger partial charge in [-0.1, -0.05) is 0 Å². The van der Waals surface area contributed by atoms with E-state index in [0.717, 1.165) is 24.7 Å². The zero-order valence-corrected chi connectivity index (χ0v) is 15.6. The molecule has 0 bridgehead atoms. The molecule has 0 aromatic carbocycles. The molecule has 0 atom stereocenters.